The third-order valence-corrected chi connectivity index (χ3v) is 1.57. The van der Waals surface area contributed by atoms with Crippen molar-refractivity contribution >= 4 is 11.9 Å². The van der Waals surface area contributed by atoms with Crippen molar-refractivity contribution in [3.63, 3.8) is 0 Å². The molecule has 0 fully saturated rings. The van der Waals surface area contributed by atoms with Gasteiger partial charge in [-0.25, -0.2) is 4.79 Å². The number of hydrogen-bond donors (Lipinski definition) is 2. The average Bonchev–Trinajstić information content (AvgIpc) is 2.17. The second-order valence-electron chi connectivity index (χ2n) is 2.80. The van der Waals surface area contributed by atoms with Crippen LogP contribution in [0.25, 0.3) is 0 Å². The van der Waals surface area contributed by atoms with Gasteiger partial charge in [0.25, 0.3) is 0 Å². The number of amides is 1. The Balaban J connectivity index is 4.08. The van der Waals surface area contributed by atoms with E-state index in [0.29, 0.717) is 0 Å². The predicted octanol–water partition coefficient (Wildman–Crippen LogP) is 0.970. The number of carbonyl (C=O) groups is 2. The SMILES string of the molecule is C=CCOCC(=O)C(CC=C)NC(=O)O. The van der Waals surface area contributed by atoms with Gasteiger partial charge >= 0.3 is 6.09 Å². The highest BCUT2D eigenvalue weighted by Gasteiger charge is 2.18. The Bertz CT molecular complexity index is 250. The van der Waals surface area contributed by atoms with Gasteiger partial charge in [0.1, 0.15) is 6.61 Å². The molecule has 2 N–H and O–H groups in total. The number of Topliss-reactive ketones (excluding diaryl/α,β-unsaturated/α-hetero) is 1. The van der Waals surface area contributed by atoms with E-state index in [-0.39, 0.29) is 25.4 Å². The predicted molar refractivity (Wildman–Crippen MR) is 55.8 cm³/mol. The van der Waals surface area contributed by atoms with Gasteiger partial charge in [-0.3, -0.25) is 4.79 Å². The molecule has 5 nitrogen and oxygen atoms in total. The van der Waals surface area contributed by atoms with E-state index in [1.807, 2.05) is 0 Å². The van der Waals surface area contributed by atoms with Crippen molar-refractivity contribution in [1.29, 1.82) is 0 Å². The Labute approximate surface area is 88.4 Å². The molecular weight excluding hydrogens is 198 g/mol. The van der Waals surface area contributed by atoms with Crippen LogP contribution in [0.5, 0.6) is 0 Å². The average molecular weight is 213 g/mol. The van der Waals surface area contributed by atoms with Crippen molar-refractivity contribution in [2.75, 3.05) is 13.2 Å². The van der Waals surface area contributed by atoms with E-state index >= 15 is 0 Å². The second kappa shape index (κ2) is 7.75. The zero-order chi connectivity index (χ0) is 11.7. The zero-order valence-electron chi connectivity index (χ0n) is 8.44. The van der Waals surface area contributed by atoms with Crippen LogP contribution >= 0.6 is 0 Å². The number of nitrogens with one attached hydrogen (secondary N) is 1. The Kier molecular flexibility index (Phi) is 6.92. The van der Waals surface area contributed by atoms with Crippen molar-refractivity contribution in [2.24, 2.45) is 0 Å². The van der Waals surface area contributed by atoms with Gasteiger partial charge in [-0.2, -0.15) is 0 Å². The van der Waals surface area contributed by atoms with Crippen molar-refractivity contribution in [2.45, 2.75) is 12.5 Å². The molecule has 0 saturated carbocycles. The van der Waals surface area contributed by atoms with Crippen LogP contribution in [0.15, 0.2) is 25.3 Å². The third kappa shape index (κ3) is 6.45. The summed E-state index contributed by atoms with van der Waals surface area (Å²) in [6.07, 6.45) is 2.01. The summed E-state index contributed by atoms with van der Waals surface area (Å²) in [5.41, 5.74) is 0. The molecule has 0 saturated heterocycles. The van der Waals surface area contributed by atoms with Gasteiger partial charge in [0, 0.05) is 0 Å². The summed E-state index contributed by atoms with van der Waals surface area (Å²) >= 11 is 0. The highest BCUT2D eigenvalue weighted by molar-refractivity contribution is 5.88. The van der Waals surface area contributed by atoms with Gasteiger partial charge in [0.2, 0.25) is 0 Å². The molecule has 0 aliphatic carbocycles. The molecule has 0 aromatic heterocycles. The van der Waals surface area contributed by atoms with Crippen molar-refractivity contribution in [3.05, 3.63) is 25.3 Å². The Morgan fingerprint density at radius 2 is 2.07 bits per heavy atom. The topological polar surface area (TPSA) is 75.6 Å². The highest BCUT2D eigenvalue weighted by Crippen LogP contribution is 1.96. The van der Waals surface area contributed by atoms with E-state index in [1.165, 1.54) is 12.2 Å². The van der Waals surface area contributed by atoms with Gasteiger partial charge < -0.3 is 15.2 Å². The Morgan fingerprint density at radius 3 is 2.53 bits per heavy atom. The van der Waals surface area contributed by atoms with Crippen LogP contribution in [-0.2, 0) is 9.53 Å². The number of hydrogen-bond acceptors (Lipinski definition) is 3. The van der Waals surface area contributed by atoms with Crippen molar-refractivity contribution in [3.8, 4) is 0 Å². The first-order valence-corrected chi connectivity index (χ1v) is 4.43. The lowest BCUT2D eigenvalue weighted by Gasteiger charge is -2.13. The van der Waals surface area contributed by atoms with E-state index in [9.17, 15) is 9.59 Å². The van der Waals surface area contributed by atoms with E-state index in [4.69, 9.17) is 9.84 Å². The summed E-state index contributed by atoms with van der Waals surface area (Å²) in [6.45, 7) is 7.00. The van der Waals surface area contributed by atoms with Crippen LogP contribution in [0.4, 0.5) is 4.79 Å². The first-order chi connectivity index (χ1) is 7.11. The molecule has 1 atom stereocenters. The van der Waals surface area contributed by atoms with E-state index in [1.54, 1.807) is 0 Å². The molecule has 0 spiro atoms. The van der Waals surface area contributed by atoms with Crippen LogP contribution in [0.3, 0.4) is 0 Å². The normalized spacial score (nSPS) is 11.5. The fourth-order valence-electron chi connectivity index (χ4n) is 0.930. The van der Waals surface area contributed by atoms with E-state index in [2.05, 4.69) is 18.5 Å². The maximum atomic E-state index is 11.4. The van der Waals surface area contributed by atoms with Gasteiger partial charge in [-0.05, 0) is 6.42 Å². The van der Waals surface area contributed by atoms with Gasteiger partial charge in [0.05, 0.1) is 12.6 Å². The summed E-state index contributed by atoms with van der Waals surface area (Å²) in [5, 5.41) is 10.6. The molecule has 15 heavy (non-hydrogen) atoms. The van der Waals surface area contributed by atoms with Gasteiger partial charge in [0.15, 0.2) is 5.78 Å². The molecule has 0 aromatic rings. The van der Waals surface area contributed by atoms with Crippen LogP contribution in [0, 0.1) is 0 Å². The number of rotatable bonds is 8. The monoisotopic (exact) mass is 213 g/mol. The van der Waals surface area contributed by atoms with Crippen LogP contribution < -0.4 is 5.32 Å². The maximum absolute atomic E-state index is 11.4. The quantitative estimate of drug-likeness (QED) is 0.465. The Morgan fingerprint density at radius 1 is 1.40 bits per heavy atom. The smallest absolute Gasteiger partial charge is 0.405 e. The largest absolute Gasteiger partial charge is 0.465 e. The van der Waals surface area contributed by atoms with Gasteiger partial charge in [-0.1, -0.05) is 12.2 Å². The number of ketones is 1. The molecule has 5 heteroatoms. The minimum atomic E-state index is -1.24. The maximum Gasteiger partial charge on any atom is 0.405 e. The molecular formula is C10H15NO4. The minimum absolute atomic E-state index is 0.134. The summed E-state index contributed by atoms with van der Waals surface area (Å²) in [7, 11) is 0. The first-order valence-electron chi connectivity index (χ1n) is 4.43. The summed E-state index contributed by atoms with van der Waals surface area (Å²) in [5.74, 6) is -0.320. The lowest BCUT2D eigenvalue weighted by molar-refractivity contribution is -0.125. The Hall–Kier alpha value is -1.62. The molecule has 0 bridgehead atoms. The van der Waals surface area contributed by atoms with E-state index < -0.39 is 12.1 Å². The third-order valence-electron chi connectivity index (χ3n) is 1.57. The summed E-state index contributed by atoms with van der Waals surface area (Å²) in [6, 6.07) is -0.787. The molecule has 0 aliphatic heterocycles. The molecule has 0 aromatic carbocycles. The fraction of sp³-hybridized carbons (Fsp3) is 0.400. The molecule has 1 unspecified atom stereocenters. The lowest BCUT2D eigenvalue weighted by atomic mass is 10.1. The number of carbonyl (C=O) groups excluding carboxylic acids is 1. The standard InChI is InChI=1S/C10H15NO4/c1-3-5-8(11-10(13)14)9(12)7-15-6-4-2/h3-4,8,11H,1-2,5-7H2,(H,13,14). The second-order valence-corrected chi connectivity index (χ2v) is 2.80. The molecule has 0 aliphatic rings. The minimum Gasteiger partial charge on any atom is -0.465 e. The van der Waals surface area contributed by atoms with Gasteiger partial charge in [-0.15, -0.1) is 13.2 Å². The number of carboxylic acid groups (broad SMARTS) is 1. The first kappa shape index (κ1) is 13.4. The van der Waals surface area contributed by atoms with Crippen molar-refractivity contribution < 1.29 is 19.4 Å². The molecule has 0 radical (unpaired) electrons. The van der Waals surface area contributed by atoms with Crippen molar-refractivity contribution in [1.82, 2.24) is 5.32 Å². The zero-order valence-corrected chi connectivity index (χ0v) is 8.44. The van der Waals surface area contributed by atoms with E-state index in [0.717, 1.165) is 0 Å². The van der Waals surface area contributed by atoms with Crippen LogP contribution in [-0.4, -0.2) is 36.2 Å². The highest BCUT2D eigenvalue weighted by atomic mass is 16.5. The fourth-order valence-corrected chi connectivity index (χ4v) is 0.930. The number of ether oxygens (including phenoxy) is 1. The molecule has 0 rings (SSSR count). The molecule has 1 amide bonds. The molecule has 0 heterocycles. The lowest BCUT2D eigenvalue weighted by Crippen LogP contribution is -2.41. The molecule has 84 valence electrons. The summed E-state index contributed by atoms with van der Waals surface area (Å²) in [4.78, 5) is 21.8. The van der Waals surface area contributed by atoms with Crippen LogP contribution in [0.2, 0.25) is 0 Å². The van der Waals surface area contributed by atoms with Crippen LogP contribution in [0.1, 0.15) is 6.42 Å². The summed E-state index contributed by atoms with van der Waals surface area (Å²) < 4.78 is 4.92.